The fourth-order valence-corrected chi connectivity index (χ4v) is 1.62. The summed E-state index contributed by atoms with van der Waals surface area (Å²) >= 11 is 0. The first-order chi connectivity index (χ1) is 4.25. The molecule has 0 nitrogen and oxygen atoms in total. The molecule has 52 valence electrons. The van der Waals surface area contributed by atoms with E-state index in [4.69, 9.17) is 0 Å². The van der Waals surface area contributed by atoms with Crippen LogP contribution in [0, 0.1) is 11.8 Å². The summed E-state index contributed by atoms with van der Waals surface area (Å²) in [6, 6.07) is 0. The van der Waals surface area contributed by atoms with E-state index in [9.17, 15) is 0 Å². The minimum Gasteiger partial charge on any atom is -0.0850 e. The zero-order valence-electron chi connectivity index (χ0n) is 6.65. The van der Waals surface area contributed by atoms with E-state index in [0.29, 0.717) is 0 Å². The smallest absolute Gasteiger partial charge is 0.0203 e. The van der Waals surface area contributed by atoms with Crippen molar-refractivity contribution in [2.45, 2.75) is 33.6 Å². The molecule has 0 aromatic rings. The third kappa shape index (κ3) is 1.17. The summed E-state index contributed by atoms with van der Waals surface area (Å²) in [5.74, 6) is 1.81. The Bertz CT molecular complexity index is 122. The lowest BCUT2D eigenvalue weighted by molar-refractivity contribution is 0.426. The second-order valence-corrected chi connectivity index (χ2v) is 3.14. The second-order valence-electron chi connectivity index (χ2n) is 3.14. The van der Waals surface area contributed by atoms with Crippen LogP contribution in [0.2, 0.25) is 0 Å². The number of allylic oxidation sites excluding steroid dienone is 2. The third-order valence-corrected chi connectivity index (χ3v) is 2.69. The van der Waals surface area contributed by atoms with Gasteiger partial charge in [-0.2, -0.15) is 0 Å². The van der Waals surface area contributed by atoms with E-state index in [2.05, 4.69) is 26.8 Å². The summed E-state index contributed by atoms with van der Waals surface area (Å²) in [7, 11) is 0. The van der Waals surface area contributed by atoms with Crippen LogP contribution < -0.4 is 0 Å². The van der Waals surface area contributed by atoms with E-state index in [1.165, 1.54) is 12.8 Å². The number of hydrogen-bond acceptors (Lipinski definition) is 0. The highest BCUT2D eigenvalue weighted by molar-refractivity contribution is 5.10. The predicted octanol–water partition coefficient (Wildman–Crippen LogP) is 3.00. The van der Waals surface area contributed by atoms with Crippen LogP contribution in [0.5, 0.6) is 0 Å². The highest BCUT2D eigenvalue weighted by Gasteiger charge is 2.20. The van der Waals surface area contributed by atoms with Gasteiger partial charge in [0.25, 0.3) is 0 Å². The molecule has 0 aromatic heterocycles. The van der Waals surface area contributed by atoms with Crippen molar-refractivity contribution >= 4 is 0 Å². The molecule has 0 aromatic carbocycles. The molecule has 0 radical (unpaired) electrons. The highest BCUT2D eigenvalue weighted by atomic mass is 14.3. The van der Waals surface area contributed by atoms with Gasteiger partial charge in [-0.05, 0) is 25.2 Å². The van der Waals surface area contributed by atoms with Crippen LogP contribution in [0.15, 0.2) is 11.6 Å². The van der Waals surface area contributed by atoms with Gasteiger partial charge in [0.15, 0.2) is 0 Å². The largest absolute Gasteiger partial charge is 0.0850 e. The van der Waals surface area contributed by atoms with Gasteiger partial charge in [0.05, 0.1) is 0 Å². The molecule has 0 aliphatic heterocycles. The Morgan fingerprint density at radius 3 is 2.56 bits per heavy atom. The van der Waals surface area contributed by atoms with Gasteiger partial charge in [0, 0.05) is 0 Å². The molecule has 0 bridgehead atoms. The minimum atomic E-state index is 0.856. The lowest BCUT2D eigenvalue weighted by atomic mass is 9.92. The van der Waals surface area contributed by atoms with Gasteiger partial charge >= 0.3 is 0 Å². The Kier molecular flexibility index (Phi) is 1.94. The van der Waals surface area contributed by atoms with E-state index < -0.39 is 0 Å². The molecule has 1 rings (SSSR count). The monoisotopic (exact) mass is 124 g/mol. The van der Waals surface area contributed by atoms with Crippen LogP contribution in [-0.4, -0.2) is 0 Å². The van der Waals surface area contributed by atoms with Crippen molar-refractivity contribution in [2.75, 3.05) is 0 Å². The average molecular weight is 124 g/mol. The van der Waals surface area contributed by atoms with E-state index in [1.54, 1.807) is 5.57 Å². The standard InChI is InChI=1S/C9H16/c1-4-9-6-5-7(2)8(9)3/h5,8-9H,4,6H2,1-3H3/t8-,9-/m1/s1. The van der Waals surface area contributed by atoms with E-state index in [0.717, 1.165) is 11.8 Å². The molecule has 0 N–H and O–H groups in total. The van der Waals surface area contributed by atoms with Crippen molar-refractivity contribution in [3.8, 4) is 0 Å². The minimum absolute atomic E-state index is 0.856. The van der Waals surface area contributed by atoms with Gasteiger partial charge in [-0.1, -0.05) is 31.9 Å². The molecule has 1 aliphatic rings. The molecule has 0 fully saturated rings. The predicted molar refractivity (Wildman–Crippen MR) is 41.3 cm³/mol. The van der Waals surface area contributed by atoms with Gasteiger partial charge < -0.3 is 0 Å². The van der Waals surface area contributed by atoms with Crippen LogP contribution in [0.4, 0.5) is 0 Å². The Hall–Kier alpha value is -0.260. The Morgan fingerprint density at radius 1 is 1.67 bits per heavy atom. The molecule has 0 heteroatoms. The van der Waals surface area contributed by atoms with Crippen LogP contribution in [-0.2, 0) is 0 Å². The van der Waals surface area contributed by atoms with Crippen molar-refractivity contribution in [3.05, 3.63) is 11.6 Å². The summed E-state index contributed by atoms with van der Waals surface area (Å²) in [5.41, 5.74) is 1.60. The zero-order valence-corrected chi connectivity index (χ0v) is 6.65. The van der Waals surface area contributed by atoms with Gasteiger partial charge in [0.2, 0.25) is 0 Å². The molecule has 0 amide bonds. The van der Waals surface area contributed by atoms with E-state index in [1.807, 2.05) is 0 Å². The fourth-order valence-electron chi connectivity index (χ4n) is 1.62. The summed E-state index contributed by atoms with van der Waals surface area (Å²) in [5, 5.41) is 0. The maximum Gasteiger partial charge on any atom is -0.0203 e. The molecule has 0 saturated heterocycles. The molecular weight excluding hydrogens is 108 g/mol. The molecule has 0 heterocycles. The Morgan fingerprint density at radius 2 is 2.33 bits per heavy atom. The molecular formula is C9H16. The summed E-state index contributed by atoms with van der Waals surface area (Å²) in [6.45, 7) is 6.88. The average Bonchev–Trinajstić information content (AvgIpc) is 2.15. The molecule has 9 heavy (non-hydrogen) atoms. The van der Waals surface area contributed by atoms with Crippen molar-refractivity contribution in [1.29, 1.82) is 0 Å². The lowest BCUT2D eigenvalue weighted by Crippen LogP contribution is -2.04. The van der Waals surface area contributed by atoms with E-state index in [-0.39, 0.29) is 0 Å². The van der Waals surface area contributed by atoms with Crippen molar-refractivity contribution in [3.63, 3.8) is 0 Å². The number of hydrogen-bond donors (Lipinski definition) is 0. The first-order valence-electron chi connectivity index (χ1n) is 3.92. The van der Waals surface area contributed by atoms with Crippen molar-refractivity contribution in [1.82, 2.24) is 0 Å². The Labute approximate surface area is 58.0 Å². The van der Waals surface area contributed by atoms with Gasteiger partial charge in [-0.15, -0.1) is 0 Å². The van der Waals surface area contributed by atoms with Crippen LogP contribution in [0.25, 0.3) is 0 Å². The van der Waals surface area contributed by atoms with Gasteiger partial charge in [0.1, 0.15) is 0 Å². The molecule has 0 saturated carbocycles. The zero-order chi connectivity index (χ0) is 6.85. The molecule has 0 spiro atoms. The lowest BCUT2D eigenvalue weighted by Gasteiger charge is -2.13. The second kappa shape index (κ2) is 2.55. The summed E-state index contributed by atoms with van der Waals surface area (Å²) in [4.78, 5) is 0. The first kappa shape index (κ1) is 6.85. The SMILES string of the molecule is CC[C@@H]1CC=C(C)[C@H]1C. The number of rotatable bonds is 1. The normalized spacial score (nSPS) is 34.8. The maximum atomic E-state index is 2.39. The van der Waals surface area contributed by atoms with Crippen LogP contribution in [0.3, 0.4) is 0 Å². The first-order valence-corrected chi connectivity index (χ1v) is 3.92. The highest BCUT2D eigenvalue weighted by Crippen LogP contribution is 2.32. The summed E-state index contributed by atoms with van der Waals surface area (Å²) < 4.78 is 0. The summed E-state index contributed by atoms with van der Waals surface area (Å²) in [6.07, 6.45) is 5.05. The molecule has 0 unspecified atom stereocenters. The van der Waals surface area contributed by atoms with Gasteiger partial charge in [-0.3, -0.25) is 0 Å². The molecule has 1 aliphatic carbocycles. The quantitative estimate of drug-likeness (QED) is 0.471. The third-order valence-electron chi connectivity index (χ3n) is 2.69. The topological polar surface area (TPSA) is 0 Å². The fraction of sp³-hybridized carbons (Fsp3) is 0.778. The van der Waals surface area contributed by atoms with Crippen LogP contribution in [0.1, 0.15) is 33.6 Å². The molecule has 2 atom stereocenters. The van der Waals surface area contributed by atoms with Gasteiger partial charge in [-0.25, -0.2) is 0 Å². The maximum absolute atomic E-state index is 2.39. The van der Waals surface area contributed by atoms with E-state index >= 15 is 0 Å². The van der Waals surface area contributed by atoms with Crippen molar-refractivity contribution in [2.24, 2.45) is 11.8 Å². The Balaban J connectivity index is 2.51. The van der Waals surface area contributed by atoms with Crippen LogP contribution >= 0.6 is 0 Å². The van der Waals surface area contributed by atoms with Crippen molar-refractivity contribution < 1.29 is 0 Å².